The summed E-state index contributed by atoms with van der Waals surface area (Å²) in [7, 11) is 1.47. The van der Waals surface area contributed by atoms with E-state index in [1.54, 1.807) is 23.1 Å². The number of amides is 2. The summed E-state index contributed by atoms with van der Waals surface area (Å²) in [4.78, 5) is 25.9. The molecule has 3 rings (SSSR count). The number of halogens is 1. The van der Waals surface area contributed by atoms with E-state index in [2.05, 4.69) is 5.32 Å². The number of anilines is 2. The number of fused-ring (bicyclic) bond motifs is 1. The van der Waals surface area contributed by atoms with Crippen molar-refractivity contribution >= 4 is 23.2 Å². The quantitative estimate of drug-likeness (QED) is 0.938. The second kappa shape index (κ2) is 6.80. The monoisotopic (exact) mass is 328 g/mol. The standard InChI is InChI=1S/C18H17FN2O3/c1-24-11-17(22)21-9-8-12-6-7-13(10-16(12)21)20-18(23)14-4-2-3-5-15(14)19/h2-7,10H,8-9,11H2,1H3,(H,20,23). The van der Waals surface area contributed by atoms with Crippen LogP contribution in [0.2, 0.25) is 0 Å². The molecule has 0 radical (unpaired) electrons. The molecule has 2 amide bonds. The number of carbonyl (C=O) groups is 2. The van der Waals surface area contributed by atoms with Gasteiger partial charge in [0.05, 0.1) is 5.56 Å². The van der Waals surface area contributed by atoms with Gasteiger partial charge in [-0.05, 0) is 36.2 Å². The van der Waals surface area contributed by atoms with Crippen molar-refractivity contribution < 1.29 is 18.7 Å². The van der Waals surface area contributed by atoms with Crippen LogP contribution in [-0.2, 0) is 16.0 Å². The van der Waals surface area contributed by atoms with Gasteiger partial charge >= 0.3 is 0 Å². The predicted molar refractivity (Wildman–Crippen MR) is 88.7 cm³/mol. The number of hydrogen-bond acceptors (Lipinski definition) is 3. The first-order valence-corrected chi connectivity index (χ1v) is 7.58. The summed E-state index contributed by atoms with van der Waals surface area (Å²) in [6.45, 7) is 0.591. The molecule has 0 spiro atoms. The summed E-state index contributed by atoms with van der Waals surface area (Å²) in [6.07, 6.45) is 0.756. The van der Waals surface area contributed by atoms with Crippen LogP contribution >= 0.6 is 0 Å². The van der Waals surface area contributed by atoms with Crippen LogP contribution in [0.25, 0.3) is 0 Å². The summed E-state index contributed by atoms with van der Waals surface area (Å²) in [5, 5.41) is 2.67. The van der Waals surface area contributed by atoms with Crippen LogP contribution in [0, 0.1) is 5.82 Å². The molecule has 1 N–H and O–H groups in total. The van der Waals surface area contributed by atoms with Crippen LogP contribution in [-0.4, -0.2) is 32.1 Å². The van der Waals surface area contributed by atoms with Crippen LogP contribution in [0.3, 0.4) is 0 Å². The largest absolute Gasteiger partial charge is 0.375 e. The fourth-order valence-electron chi connectivity index (χ4n) is 2.76. The minimum atomic E-state index is -0.576. The van der Waals surface area contributed by atoms with Crippen molar-refractivity contribution in [2.75, 3.05) is 30.5 Å². The smallest absolute Gasteiger partial charge is 0.258 e. The van der Waals surface area contributed by atoms with Crippen molar-refractivity contribution in [1.82, 2.24) is 0 Å². The maximum atomic E-state index is 13.7. The van der Waals surface area contributed by atoms with E-state index >= 15 is 0 Å². The first-order chi connectivity index (χ1) is 11.6. The number of rotatable bonds is 4. The van der Waals surface area contributed by atoms with E-state index in [0.29, 0.717) is 12.2 Å². The Morgan fingerprint density at radius 1 is 1.25 bits per heavy atom. The van der Waals surface area contributed by atoms with Crippen molar-refractivity contribution in [3.63, 3.8) is 0 Å². The maximum absolute atomic E-state index is 13.7. The van der Waals surface area contributed by atoms with Gasteiger partial charge < -0.3 is 15.0 Å². The molecule has 6 heteroatoms. The van der Waals surface area contributed by atoms with Gasteiger partial charge in [-0.25, -0.2) is 4.39 Å². The zero-order chi connectivity index (χ0) is 17.1. The molecule has 0 atom stereocenters. The van der Waals surface area contributed by atoms with Gasteiger partial charge in [-0.15, -0.1) is 0 Å². The number of benzene rings is 2. The fraction of sp³-hybridized carbons (Fsp3) is 0.222. The first kappa shape index (κ1) is 16.1. The molecule has 5 nitrogen and oxygen atoms in total. The highest BCUT2D eigenvalue weighted by Gasteiger charge is 2.25. The van der Waals surface area contributed by atoms with Gasteiger partial charge in [0.25, 0.3) is 11.8 Å². The van der Waals surface area contributed by atoms with E-state index in [1.807, 2.05) is 6.07 Å². The first-order valence-electron chi connectivity index (χ1n) is 7.58. The van der Waals surface area contributed by atoms with Crippen LogP contribution in [0.15, 0.2) is 42.5 Å². The van der Waals surface area contributed by atoms with Crippen molar-refractivity contribution in [2.24, 2.45) is 0 Å². The van der Waals surface area contributed by atoms with Crippen molar-refractivity contribution in [3.8, 4) is 0 Å². The van der Waals surface area contributed by atoms with Crippen molar-refractivity contribution in [1.29, 1.82) is 0 Å². The Labute approximate surface area is 139 Å². The highest BCUT2D eigenvalue weighted by molar-refractivity contribution is 6.05. The van der Waals surface area contributed by atoms with Gasteiger partial charge in [0, 0.05) is 25.0 Å². The molecule has 0 bridgehead atoms. The summed E-state index contributed by atoms with van der Waals surface area (Å²) in [5.41, 5.74) is 2.27. The third kappa shape index (κ3) is 3.14. The predicted octanol–water partition coefficient (Wildman–Crippen LogP) is 2.61. The van der Waals surface area contributed by atoms with Crippen LogP contribution in [0.1, 0.15) is 15.9 Å². The Morgan fingerprint density at radius 2 is 2.04 bits per heavy atom. The third-order valence-corrected chi connectivity index (χ3v) is 3.93. The van der Waals surface area contributed by atoms with Gasteiger partial charge in [0.15, 0.2) is 0 Å². The molecule has 0 saturated heterocycles. The highest BCUT2D eigenvalue weighted by Crippen LogP contribution is 2.31. The lowest BCUT2D eigenvalue weighted by molar-refractivity contribution is -0.122. The molecule has 2 aromatic carbocycles. The van der Waals surface area contributed by atoms with Gasteiger partial charge in [-0.1, -0.05) is 18.2 Å². The van der Waals surface area contributed by atoms with Crippen molar-refractivity contribution in [2.45, 2.75) is 6.42 Å². The summed E-state index contributed by atoms with van der Waals surface area (Å²) in [6, 6.07) is 11.1. The minimum absolute atomic E-state index is 0.00521. The highest BCUT2D eigenvalue weighted by atomic mass is 19.1. The molecular weight excluding hydrogens is 311 g/mol. The average Bonchev–Trinajstić information content (AvgIpc) is 2.98. The molecule has 24 heavy (non-hydrogen) atoms. The van der Waals surface area contributed by atoms with Gasteiger partial charge in [0.2, 0.25) is 0 Å². The number of nitrogens with one attached hydrogen (secondary N) is 1. The molecule has 0 aromatic heterocycles. The van der Waals surface area contributed by atoms with Gasteiger partial charge in [0.1, 0.15) is 12.4 Å². The van der Waals surface area contributed by atoms with Crippen LogP contribution in [0.5, 0.6) is 0 Å². The SMILES string of the molecule is COCC(=O)N1CCc2ccc(NC(=O)c3ccccc3F)cc21. The topological polar surface area (TPSA) is 58.6 Å². The number of carbonyl (C=O) groups excluding carboxylic acids is 2. The lowest BCUT2D eigenvalue weighted by Crippen LogP contribution is -2.32. The summed E-state index contributed by atoms with van der Waals surface area (Å²) < 4.78 is 18.6. The normalized spacial score (nSPS) is 12.8. The van der Waals surface area contributed by atoms with Crippen molar-refractivity contribution in [3.05, 3.63) is 59.4 Å². The Balaban J connectivity index is 1.82. The molecule has 1 heterocycles. The van der Waals surface area contributed by atoms with Gasteiger partial charge in [-0.3, -0.25) is 9.59 Å². The zero-order valence-electron chi connectivity index (χ0n) is 13.2. The molecule has 0 saturated carbocycles. The Hall–Kier alpha value is -2.73. The Kier molecular flexibility index (Phi) is 4.57. The number of hydrogen-bond donors (Lipinski definition) is 1. The zero-order valence-corrected chi connectivity index (χ0v) is 13.2. The van der Waals surface area contributed by atoms with Gasteiger partial charge in [-0.2, -0.15) is 0 Å². The molecule has 0 fully saturated rings. The molecular formula is C18H17FN2O3. The van der Waals surface area contributed by atoms with Crippen LogP contribution < -0.4 is 10.2 Å². The average molecular weight is 328 g/mol. The third-order valence-electron chi connectivity index (χ3n) is 3.93. The Bertz CT molecular complexity index is 792. The van der Waals surface area contributed by atoms with E-state index < -0.39 is 11.7 Å². The van der Waals surface area contributed by atoms with E-state index in [0.717, 1.165) is 17.7 Å². The van der Waals surface area contributed by atoms with E-state index in [9.17, 15) is 14.0 Å². The second-order valence-corrected chi connectivity index (χ2v) is 5.51. The van der Waals surface area contributed by atoms with E-state index in [4.69, 9.17) is 4.74 Å². The molecule has 0 aliphatic carbocycles. The lowest BCUT2D eigenvalue weighted by atomic mass is 10.1. The second-order valence-electron chi connectivity index (χ2n) is 5.51. The molecule has 1 aliphatic rings. The number of ether oxygens (including phenoxy) is 1. The fourth-order valence-corrected chi connectivity index (χ4v) is 2.76. The lowest BCUT2D eigenvalue weighted by Gasteiger charge is -2.17. The summed E-state index contributed by atoms with van der Waals surface area (Å²) >= 11 is 0. The Morgan fingerprint density at radius 3 is 2.79 bits per heavy atom. The van der Waals surface area contributed by atoms with E-state index in [-0.39, 0.29) is 18.1 Å². The number of nitrogens with zero attached hydrogens (tertiary/aromatic N) is 1. The molecule has 124 valence electrons. The summed E-state index contributed by atoms with van der Waals surface area (Å²) in [5.74, 6) is -1.23. The van der Waals surface area contributed by atoms with Crippen LogP contribution in [0.4, 0.5) is 15.8 Å². The maximum Gasteiger partial charge on any atom is 0.258 e. The molecule has 1 aliphatic heterocycles. The molecule has 0 unspecified atom stereocenters. The molecule has 2 aromatic rings. The minimum Gasteiger partial charge on any atom is -0.375 e. The van der Waals surface area contributed by atoms with E-state index in [1.165, 1.54) is 25.3 Å². The number of methoxy groups -OCH3 is 1.